The fraction of sp³-hybridized carbons (Fsp3) is 0.333. The molecule has 1 rings (SSSR count). The molecule has 0 amide bonds. The van der Waals surface area contributed by atoms with Crippen LogP contribution in [0.5, 0.6) is 0 Å². The lowest BCUT2D eigenvalue weighted by Crippen LogP contribution is -2.22. The lowest BCUT2D eigenvalue weighted by molar-refractivity contribution is 0.385. The molecule has 1 aromatic carbocycles. The van der Waals surface area contributed by atoms with Gasteiger partial charge < -0.3 is 5.73 Å². The van der Waals surface area contributed by atoms with Gasteiger partial charge in [0.25, 0.3) is 0 Å². The summed E-state index contributed by atoms with van der Waals surface area (Å²) >= 11 is 0. The van der Waals surface area contributed by atoms with Crippen molar-refractivity contribution >= 4 is 17.3 Å². The summed E-state index contributed by atoms with van der Waals surface area (Å²) in [5, 5.41) is 0. The summed E-state index contributed by atoms with van der Waals surface area (Å²) < 4.78 is 0. The van der Waals surface area contributed by atoms with Crippen molar-refractivity contribution in [3.05, 3.63) is 77.9 Å². The zero-order valence-corrected chi connectivity index (χ0v) is 16.6. The predicted octanol–water partition coefficient (Wildman–Crippen LogP) is 6.97. The molecule has 0 fully saturated rings. The molecule has 1 nitrogen and oxygen atoms in total. The first-order valence-electron chi connectivity index (χ1n) is 8.95. The van der Waals surface area contributed by atoms with Crippen molar-refractivity contribution < 1.29 is 0 Å². The van der Waals surface area contributed by atoms with Crippen LogP contribution in [-0.4, -0.2) is 0 Å². The van der Waals surface area contributed by atoms with Crippen LogP contribution in [0.15, 0.2) is 61.2 Å². The maximum absolute atomic E-state index is 6.24. The predicted molar refractivity (Wildman–Crippen MR) is 115 cm³/mol. The lowest BCUT2D eigenvalue weighted by Gasteiger charge is -2.34. The zero-order chi connectivity index (χ0) is 19.0. The molecular weight excluding hydrogens is 302 g/mol. The van der Waals surface area contributed by atoms with Gasteiger partial charge in [-0.2, -0.15) is 0 Å². The van der Waals surface area contributed by atoms with Gasteiger partial charge in [0, 0.05) is 11.3 Å². The highest BCUT2D eigenvalue weighted by Gasteiger charge is 2.30. The van der Waals surface area contributed by atoms with Crippen molar-refractivity contribution in [1.82, 2.24) is 0 Å². The molecule has 0 bridgehead atoms. The highest BCUT2D eigenvalue weighted by molar-refractivity contribution is 5.82. The summed E-state index contributed by atoms with van der Waals surface area (Å²) in [5.74, 6) is 0.369. The number of nitrogen functional groups attached to an aromatic ring is 1. The molecule has 0 saturated carbocycles. The second-order valence-electron chi connectivity index (χ2n) is 7.03. The molecule has 0 saturated heterocycles. The van der Waals surface area contributed by atoms with Crippen molar-refractivity contribution in [2.75, 3.05) is 5.73 Å². The van der Waals surface area contributed by atoms with Crippen LogP contribution in [0.4, 0.5) is 5.69 Å². The van der Waals surface area contributed by atoms with Gasteiger partial charge in [0.05, 0.1) is 0 Å². The van der Waals surface area contributed by atoms with Gasteiger partial charge in [-0.15, -0.1) is 0 Å². The second kappa shape index (κ2) is 9.27. The van der Waals surface area contributed by atoms with Crippen molar-refractivity contribution in [2.24, 2.45) is 11.3 Å². The first-order valence-corrected chi connectivity index (χ1v) is 8.95. The standard InChI is InChI=1S/C24H33N/c1-8-11-12-13-14-15-19(5)24(6,7)22(10-3)21-16-18(4)17-23(25)20(21)9-2/h8-17,19H,2,25H2,1,3-7H3/b11-8+,13-12+,15-14+,22-10+. The maximum Gasteiger partial charge on any atom is 0.0396 e. The number of aryl methyl sites for hydroxylation is 1. The molecule has 134 valence electrons. The van der Waals surface area contributed by atoms with E-state index in [1.165, 1.54) is 16.7 Å². The first kappa shape index (κ1) is 20.8. The van der Waals surface area contributed by atoms with Gasteiger partial charge in [-0.25, -0.2) is 0 Å². The molecule has 0 aliphatic rings. The van der Waals surface area contributed by atoms with E-state index in [1.807, 2.05) is 37.3 Å². The number of hydrogen-bond donors (Lipinski definition) is 1. The maximum atomic E-state index is 6.24. The number of rotatable bonds is 7. The van der Waals surface area contributed by atoms with Crippen LogP contribution < -0.4 is 5.73 Å². The van der Waals surface area contributed by atoms with Gasteiger partial charge in [0.15, 0.2) is 0 Å². The van der Waals surface area contributed by atoms with E-state index >= 15 is 0 Å². The third kappa shape index (κ3) is 5.09. The van der Waals surface area contributed by atoms with E-state index in [4.69, 9.17) is 5.73 Å². The van der Waals surface area contributed by atoms with E-state index in [0.717, 1.165) is 11.3 Å². The average Bonchev–Trinajstić information content (AvgIpc) is 2.54. The molecule has 2 N–H and O–H groups in total. The van der Waals surface area contributed by atoms with Gasteiger partial charge in [-0.3, -0.25) is 0 Å². The van der Waals surface area contributed by atoms with Crippen LogP contribution in [0.25, 0.3) is 11.6 Å². The minimum absolute atomic E-state index is 0.0301. The summed E-state index contributed by atoms with van der Waals surface area (Å²) in [4.78, 5) is 0. The first-order chi connectivity index (χ1) is 11.8. The number of allylic oxidation sites excluding steroid dienone is 8. The van der Waals surface area contributed by atoms with E-state index in [0.29, 0.717) is 5.92 Å². The summed E-state index contributed by atoms with van der Waals surface area (Å²) in [5.41, 5.74) is 11.7. The van der Waals surface area contributed by atoms with E-state index in [9.17, 15) is 0 Å². The topological polar surface area (TPSA) is 26.0 Å². The quantitative estimate of drug-likeness (QED) is 0.422. The molecule has 0 spiro atoms. The molecule has 0 aliphatic heterocycles. The van der Waals surface area contributed by atoms with Crippen molar-refractivity contribution in [3.63, 3.8) is 0 Å². The molecule has 0 heterocycles. The molecular formula is C24H33N. The van der Waals surface area contributed by atoms with E-state index in [1.54, 1.807) is 0 Å². The highest BCUT2D eigenvalue weighted by Crippen LogP contribution is 2.44. The molecule has 1 heteroatoms. The Labute approximate surface area is 154 Å². The number of benzene rings is 1. The molecule has 0 aliphatic carbocycles. The van der Waals surface area contributed by atoms with Crippen molar-refractivity contribution in [1.29, 1.82) is 0 Å². The Bertz CT molecular complexity index is 712. The smallest absolute Gasteiger partial charge is 0.0396 e. The Morgan fingerprint density at radius 1 is 1.12 bits per heavy atom. The molecule has 1 atom stereocenters. The zero-order valence-electron chi connectivity index (χ0n) is 16.6. The molecule has 0 aromatic heterocycles. The van der Waals surface area contributed by atoms with Crippen LogP contribution in [0.3, 0.4) is 0 Å². The fourth-order valence-corrected chi connectivity index (χ4v) is 3.11. The summed E-state index contributed by atoms with van der Waals surface area (Å²) in [6.45, 7) is 17.0. The van der Waals surface area contributed by atoms with Gasteiger partial charge in [0.2, 0.25) is 0 Å². The van der Waals surface area contributed by atoms with Gasteiger partial charge in [0.1, 0.15) is 0 Å². The van der Waals surface area contributed by atoms with Crippen LogP contribution in [0.1, 0.15) is 51.3 Å². The monoisotopic (exact) mass is 335 g/mol. The summed E-state index contributed by atoms with van der Waals surface area (Å²) in [7, 11) is 0. The summed E-state index contributed by atoms with van der Waals surface area (Å²) in [6, 6.07) is 4.23. The Morgan fingerprint density at radius 2 is 1.76 bits per heavy atom. The van der Waals surface area contributed by atoms with Crippen molar-refractivity contribution in [2.45, 2.75) is 41.5 Å². The highest BCUT2D eigenvalue weighted by atomic mass is 14.6. The minimum Gasteiger partial charge on any atom is -0.398 e. The summed E-state index contributed by atoms with van der Waals surface area (Å²) in [6.07, 6.45) is 16.6. The third-order valence-electron chi connectivity index (χ3n) is 4.90. The Kier molecular flexibility index (Phi) is 7.70. The second-order valence-corrected chi connectivity index (χ2v) is 7.03. The number of hydrogen-bond acceptors (Lipinski definition) is 1. The lowest BCUT2D eigenvalue weighted by atomic mass is 9.70. The van der Waals surface area contributed by atoms with Gasteiger partial charge >= 0.3 is 0 Å². The Morgan fingerprint density at radius 3 is 2.32 bits per heavy atom. The van der Waals surface area contributed by atoms with Crippen molar-refractivity contribution in [3.8, 4) is 0 Å². The van der Waals surface area contributed by atoms with Gasteiger partial charge in [-0.1, -0.05) is 82.0 Å². The van der Waals surface area contributed by atoms with Crippen LogP contribution in [0, 0.1) is 18.3 Å². The van der Waals surface area contributed by atoms with Crippen LogP contribution in [-0.2, 0) is 0 Å². The van der Waals surface area contributed by atoms with Crippen LogP contribution >= 0.6 is 0 Å². The molecule has 1 aromatic rings. The third-order valence-corrected chi connectivity index (χ3v) is 4.90. The SMILES string of the molecule is C=Cc1c(N)cc(C)cc1/C(=C\C)C(C)(C)C(C)/C=C/C=C/C=C/C. The normalized spacial score (nSPS) is 14.7. The van der Waals surface area contributed by atoms with E-state index in [2.05, 4.69) is 71.6 Å². The largest absolute Gasteiger partial charge is 0.398 e. The van der Waals surface area contributed by atoms with E-state index < -0.39 is 0 Å². The average molecular weight is 336 g/mol. The fourth-order valence-electron chi connectivity index (χ4n) is 3.11. The molecule has 25 heavy (non-hydrogen) atoms. The number of nitrogens with two attached hydrogens (primary N) is 1. The molecule has 1 unspecified atom stereocenters. The Balaban J connectivity index is 3.28. The molecule has 0 radical (unpaired) electrons. The Hall–Kier alpha value is -2.28. The van der Waals surface area contributed by atoms with Gasteiger partial charge in [-0.05, 0) is 54.9 Å². The van der Waals surface area contributed by atoms with Crippen LogP contribution in [0.2, 0.25) is 0 Å². The number of anilines is 1. The van der Waals surface area contributed by atoms with E-state index in [-0.39, 0.29) is 5.41 Å². The minimum atomic E-state index is -0.0301.